The normalized spacial score (nSPS) is 11.9. The molecule has 6 heteroatoms. The molecule has 0 fully saturated rings. The topological polar surface area (TPSA) is 60.4 Å². The summed E-state index contributed by atoms with van der Waals surface area (Å²) in [5.41, 5.74) is 0. The van der Waals surface area contributed by atoms with Crippen molar-refractivity contribution < 1.29 is 19.1 Å². The first-order valence-corrected chi connectivity index (χ1v) is 5.52. The standard InChI is InChI=1S/C7H8Br2O4/c1-2-13-7(12)6(11)5(9)4(10)3-8/h5H,2-3H2,1H3. The van der Waals surface area contributed by atoms with Crippen LogP contribution in [0.4, 0.5) is 0 Å². The molecule has 0 N–H and O–H groups in total. The molecule has 0 rings (SSSR count). The summed E-state index contributed by atoms with van der Waals surface area (Å²) >= 11 is 5.70. The molecule has 0 bridgehead atoms. The highest BCUT2D eigenvalue weighted by Crippen LogP contribution is 2.06. The van der Waals surface area contributed by atoms with Crippen molar-refractivity contribution in [3.05, 3.63) is 0 Å². The van der Waals surface area contributed by atoms with Crippen molar-refractivity contribution in [3.63, 3.8) is 0 Å². The van der Waals surface area contributed by atoms with Gasteiger partial charge in [-0.2, -0.15) is 0 Å². The molecule has 1 atom stereocenters. The number of hydrogen-bond donors (Lipinski definition) is 0. The molecule has 1 unspecified atom stereocenters. The van der Waals surface area contributed by atoms with Crippen LogP contribution in [-0.4, -0.2) is 34.3 Å². The van der Waals surface area contributed by atoms with Gasteiger partial charge in [0.05, 0.1) is 11.9 Å². The Bertz CT molecular complexity index is 227. The Kier molecular flexibility index (Phi) is 6.15. The maximum atomic E-state index is 11.1. The van der Waals surface area contributed by atoms with Crippen LogP contribution in [0.25, 0.3) is 0 Å². The highest BCUT2D eigenvalue weighted by Gasteiger charge is 2.29. The molecule has 0 aromatic heterocycles. The van der Waals surface area contributed by atoms with Gasteiger partial charge in [-0.25, -0.2) is 4.79 Å². The Morgan fingerprint density at radius 1 is 1.38 bits per heavy atom. The van der Waals surface area contributed by atoms with Crippen LogP contribution in [0, 0.1) is 0 Å². The van der Waals surface area contributed by atoms with Gasteiger partial charge < -0.3 is 4.74 Å². The second-order valence-electron chi connectivity index (χ2n) is 2.05. The van der Waals surface area contributed by atoms with E-state index >= 15 is 0 Å². The molecule has 0 aliphatic rings. The molecular weight excluding hydrogens is 308 g/mol. The number of carbonyl (C=O) groups excluding carboxylic acids is 3. The third-order valence-corrected chi connectivity index (χ3v) is 2.60. The highest BCUT2D eigenvalue weighted by atomic mass is 79.9. The van der Waals surface area contributed by atoms with Gasteiger partial charge in [-0.1, -0.05) is 31.9 Å². The van der Waals surface area contributed by atoms with Crippen molar-refractivity contribution in [2.75, 3.05) is 11.9 Å². The fraction of sp³-hybridized carbons (Fsp3) is 0.571. The van der Waals surface area contributed by atoms with E-state index in [9.17, 15) is 14.4 Å². The smallest absolute Gasteiger partial charge is 0.376 e. The SMILES string of the molecule is CCOC(=O)C(=O)C(Br)C(=O)CBr. The lowest BCUT2D eigenvalue weighted by atomic mass is 10.2. The first kappa shape index (κ1) is 12.8. The highest BCUT2D eigenvalue weighted by molar-refractivity contribution is 9.10. The van der Waals surface area contributed by atoms with Crippen molar-refractivity contribution in [1.82, 2.24) is 0 Å². The Balaban J connectivity index is 4.25. The molecule has 0 heterocycles. The summed E-state index contributed by atoms with van der Waals surface area (Å²) < 4.78 is 4.43. The van der Waals surface area contributed by atoms with E-state index in [2.05, 4.69) is 36.6 Å². The molecule has 13 heavy (non-hydrogen) atoms. The summed E-state index contributed by atoms with van der Waals surface area (Å²) in [5.74, 6) is -2.26. The molecule has 0 aliphatic heterocycles. The van der Waals surface area contributed by atoms with Crippen LogP contribution in [0.15, 0.2) is 0 Å². The van der Waals surface area contributed by atoms with E-state index in [0.717, 1.165) is 0 Å². The van der Waals surface area contributed by atoms with Crippen molar-refractivity contribution in [2.24, 2.45) is 0 Å². The Labute approximate surface area is 92.3 Å². The minimum Gasteiger partial charge on any atom is -0.460 e. The number of rotatable bonds is 5. The third kappa shape index (κ3) is 3.99. The predicted octanol–water partition coefficient (Wildman–Crippen LogP) is 0.846. The minimum absolute atomic E-state index is 0.0219. The number of Topliss-reactive ketones (excluding diaryl/α,β-unsaturated/α-hetero) is 2. The van der Waals surface area contributed by atoms with Gasteiger partial charge >= 0.3 is 5.97 Å². The molecule has 0 saturated heterocycles. The van der Waals surface area contributed by atoms with E-state index in [1.165, 1.54) is 0 Å². The van der Waals surface area contributed by atoms with Gasteiger partial charge in [-0.3, -0.25) is 9.59 Å². The van der Waals surface area contributed by atoms with Gasteiger partial charge in [-0.15, -0.1) is 0 Å². The monoisotopic (exact) mass is 314 g/mol. The van der Waals surface area contributed by atoms with Crippen molar-refractivity contribution >= 4 is 49.4 Å². The maximum absolute atomic E-state index is 11.1. The number of ketones is 2. The van der Waals surface area contributed by atoms with Crippen LogP contribution >= 0.6 is 31.9 Å². The second kappa shape index (κ2) is 6.26. The first-order chi connectivity index (χ1) is 6.04. The lowest BCUT2D eigenvalue weighted by Crippen LogP contribution is -2.32. The summed E-state index contributed by atoms with van der Waals surface area (Å²) in [5, 5.41) is 0.0219. The second-order valence-corrected chi connectivity index (χ2v) is 3.52. The van der Waals surface area contributed by atoms with E-state index in [4.69, 9.17) is 0 Å². The zero-order chi connectivity index (χ0) is 10.4. The molecule has 0 aromatic rings. The Morgan fingerprint density at radius 2 is 1.92 bits per heavy atom. The van der Waals surface area contributed by atoms with Crippen molar-refractivity contribution in [2.45, 2.75) is 11.8 Å². The van der Waals surface area contributed by atoms with Gasteiger partial charge in [-0.05, 0) is 6.92 Å². The molecule has 0 radical (unpaired) electrons. The van der Waals surface area contributed by atoms with E-state index in [0.29, 0.717) is 0 Å². The third-order valence-electron chi connectivity index (χ3n) is 1.12. The molecule has 0 saturated carbocycles. The maximum Gasteiger partial charge on any atom is 0.376 e. The molecule has 4 nitrogen and oxygen atoms in total. The zero-order valence-corrected chi connectivity index (χ0v) is 10.1. The average Bonchev–Trinajstić information content (AvgIpc) is 2.14. The summed E-state index contributed by atoms with van der Waals surface area (Å²) in [7, 11) is 0. The summed E-state index contributed by atoms with van der Waals surface area (Å²) in [6.45, 7) is 1.70. The van der Waals surface area contributed by atoms with Gasteiger partial charge in [0.25, 0.3) is 5.78 Å². The number of ether oxygens (including phenoxy) is 1. The predicted molar refractivity (Wildman–Crippen MR) is 53.2 cm³/mol. The van der Waals surface area contributed by atoms with Crippen LogP contribution in [0.3, 0.4) is 0 Å². The fourth-order valence-electron chi connectivity index (χ4n) is 0.520. The van der Waals surface area contributed by atoms with E-state index in [1.807, 2.05) is 0 Å². The molecule has 0 aromatic carbocycles. The van der Waals surface area contributed by atoms with Crippen LogP contribution in [-0.2, 0) is 19.1 Å². The van der Waals surface area contributed by atoms with Gasteiger partial charge in [0.15, 0.2) is 5.78 Å². The number of alkyl halides is 2. The minimum atomic E-state index is -1.11. The van der Waals surface area contributed by atoms with Crippen molar-refractivity contribution in [3.8, 4) is 0 Å². The quantitative estimate of drug-likeness (QED) is 0.326. The van der Waals surface area contributed by atoms with E-state index in [-0.39, 0.29) is 11.9 Å². The van der Waals surface area contributed by atoms with Crippen LogP contribution in [0.1, 0.15) is 6.92 Å². The zero-order valence-electron chi connectivity index (χ0n) is 6.88. The van der Waals surface area contributed by atoms with Gasteiger partial charge in [0, 0.05) is 0 Å². The lowest BCUT2D eigenvalue weighted by molar-refractivity contribution is -0.153. The number of halogens is 2. The average molecular weight is 316 g/mol. The fourth-order valence-corrected chi connectivity index (χ4v) is 1.63. The molecular formula is C7H8Br2O4. The lowest BCUT2D eigenvalue weighted by Gasteiger charge is -2.04. The number of carbonyl (C=O) groups is 3. The Morgan fingerprint density at radius 3 is 2.31 bits per heavy atom. The van der Waals surface area contributed by atoms with Crippen LogP contribution < -0.4 is 0 Å². The summed E-state index contributed by atoms with van der Waals surface area (Å²) in [6, 6.07) is 0. The van der Waals surface area contributed by atoms with Crippen LogP contribution in [0.2, 0.25) is 0 Å². The summed E-state index contributed by atoms with van der Waals surface area (Å²) in [6.07, 6.45) is 0. The van der Waals surface area contributed by atoms with E-state index in [1.54, 1.807) is 6.92 Å². The van der Waals surface area contributed by atoms with E-state index < -0.39 is 22.4 Å². The number of hydrogen-bond acceptors (Lipinski definition) is 4. The van der Waals surface area contributed by atoms with Gasteiger partial charge in [0.2, 0.25) is 0 Å². The first-order valence-electron chi connectivity index (χ1n) is 3.48. The van der Waals surface area contributed by atoms with Crippen LogP contribution in [0.5, 0.6) is 0 Å². The Hall–Kier alpha value is -0.230. The molecule has 0 spiro atoms. The molecule has 74 valence electrons. The van der Waals surface area contributed by atoms with Gasteiger partial charge in [0.1, 0.15) is 4.83 Å². The number of esters is 1. The largest absolute Gasteiger partial charge is 0.460 e. The molecule has 0 aliphatic carbocycles. The summed E-state index contributed by atoms with van der Waals surface area (Å²) in [4.78, 5) is 31.7. The van der Waals surface area contributed by atoms with Crippen molar-refractivity contribution in [1.29, 1.82) is 0 Å². The molecule has 0 amide bonds.